The van der Waals surface area contributed by atoms with Crippen molar-refractivity contribution in [1.82, 2.24) is 9.78 Å². The number of aromatic nitrogens is 2. The number of aliphatic hydroxyl groups excluding tert-OH is 1. The van der Waals surface area contributed by atoms with Gasteiger partial charge in [-0.25, -0.2) is 13.1 Å². The number of aromatic amines is 1. The average Bonchev–Trinajstić information content (AvgIpc) is 2.68. The van der Waals surface area contributed by atoms with E-state index in [2.05, 4.69) is 5.10 Å². The quantitative estimate of drug-likeness (QED) is 0.840. The summed E-state index contributed by atoms with van der Waals surface area (Å²) in [5, 5.41) is 11.6. The number of aryl methyl sites for hydroxylation is 1. The van der Waals surface area contributed by atoms with Crippen LogP contribution in [0.1, 0.15) is 5.69 Å². The Kier molecular flexibility index (Phi) is 3.59. The largest absolute Gasteiger partial charge is 0.395 e. The predicted octanol–water partition coefficient (Wildman–Crippen LogP) is 0.240. The minimum atomic E-state index is -3.63. The van der Waals surface area contributed by atoms with Crippen LogP contribution in [-0.2, 0) is 9.84 Å². The van der Waals surface area contributed by atoms with Crippen LogP contribution >= 0.6 is 0 Å². The second kappa shape index (κ2) is 5.02. The summed E-state index contributed by atoms with van der Waals surface area (Å²) >= 11 is 0. The van der Waals surface area contributed by atoms with Crippen molar-refractivity contribution in [2.45, 2.75) is 11.8 Å². The molecule has 0 atom stereocenters. The normalized spacial score (nSPS) is 11.7. The Balaban J connectivity index is 2.67. The zero-order valence-electron chi connectivity index (χ0n) is 10.3. The van der Waals surface area contributed by atoms with Gasteiger partial charge in [-0.2, -0.15) is 0 Å². The fourth-order valence-electron chi connectivity index (χ4n) is 1.83. The molecular formula is C12H14N2O4S. The number of H-pyrrole nitrogens is 1. The first kappa shape index (κ1) is 13.6. The Morgan fingerprint density at radius 1 is 1.32 bits per heavy atom. The van der Waals surface area contributed by atoms with E-state index < -0.39 is 16.4 Å². The minimum absolute atomic E-state index is 0.0213. The van der Waals surface area contributed by atoms with Gasteiger partial charge in [-0.3, -0.25) is 9.89 Å². The monoisotopic (exact) mass is 282 g/mol. The molecule has 0 bridgehead atoms. The van der Waals surface area contributed by atoms with E-state index in [9.17, 15) is 13.2 Å². The summed E-state index contributed by atoms with van der Waals surface area (Å²) in [5.74, 6) is -0.377. The summed E-state index contributed by atoms with van der Waals surface area (Å²) in [6.45, 7) is 1.25. The molecule has 2 aromatic rings. The third kappa shape index (κ3) is 2.61. The molecule has 0 aliphatic rings. The molecule has 0 spiro atoms. The molecule has 0 aliphatic heterocycles. The molecule has 0 saturated heterocycles. The third-order valence-corrected chi connectivity index (χ3v) is 4.39. The highest BCUT2D eigenvalue weighted by molar-refractivity contribution is 7.91. The lowest BCUT2D eigenvalue weighted by atomic mass is 10.3. The van der Waals surface area contributed by atoms with Crippen molar-refractivity contribution in [3.05, 3.63) is 46.4 Å². The molecule has 0 saturated carbocycles. The number of sulfone groups is 1. The van der Waals surface area contributed by atoms with Crippen molar-refractivity contribution >= 4 is 9.84 Å². The molecule has 1 aromatic carbocycles. The van der Waals surface area contributed by atoms with E-state index in [1.807, 2.05) is 0 Å². The lowest BCUT2D eigenvalue weighted by Gasteiger charge is -2.09. The smallest absolute Gasteiger partial charge is 0.271 e. The summed E-state index contributed by atoms with van der Waals surface area (Å²) in [7, 11) is -3.63. The van der Waals surface area contributed by atoms with E-state index in [4.69, 9.17) is 5.11 Å². The number of nitrogens with one attached hydrogen (secondary N) is 1. The number of para-hydroxylation sites is 1. The summed E-state index contributed by atoms with van der Waals surface area (Å²) in [5.41, 5.74) is 0.567. The summed E-state index contributed by atoms with van der Waals surface area (Å²) in [6.07, 6.45) is 0. The van der Waals surface area contributed by atoms with Gasteiger partial charge in [0.25, 0.3) is 5.56 Å². The van der Waals surface area contributed by atoms with Crippen LogP contribution in [0, 0.1) is 6.92 Å². The Morgan fingerprint density at radius 2 is 2.00 bits per heavy atom. The van der Waals surface area contributed by atoms with Gasteiger partial charge in [-0.1, -0.05) is 12.1 Å². The molecule has 1 heterocycles. The van der Waals surface area contributed by atoms with Gasteiger partial charge >= 0.3 is 0 Å². The van der Waals surface area contributed by atoms with E-state index >= 15 is 0 Å². The first-order chi connectivity index (χ1) is 8.95. The highest BCUT2D eigenvalue weighted by Gasteiger charge is 2.19. The molecule has 2 N–H and O–H groups in total. The first-order valence-corrected chi connectivity index (χ1v) is 7.32. The van der Waals surface area contributed by atoms with Crippen molar-refractivity contribution in [1.29, 1.82) is 0 Å². The summed E-state index contributed by atoms with van der Waals surface area (Å²) in [6, 6.07) is 7.57. The number of nitrogens with zero attached hydrogens (tertiary/aromatic N) is 1. The molecule has 2 rings (SSSR count). The SMILES string of the molecule is Cc1cc(=O)n(-c2ccccc2S(=O)(=O)CCO)[nH]1. The topological polar surface area (TPSA) is 92.2 Å². The fourth-order valence-corrected chi connectivity index (χ4v) is 3.05. The van der Waals surface area contributed by atoms with E-state index in [-0.39, 0.29) is 21.9 Å². The van der Waals surface area contributed by atoms with E-state index in [1.54, 1.807) is 25.1 Å². The molecule has 0 amide bonds. The minimum Gasteiger partial charge on any atom is -0.395 e. The van der Waals surface area contributed by atoms with E-state index in [0.717, 1.165) is 0 Å². The highest BCUT2D eigenvalue weighted by Crippen LogP contribution is 2.19. The van der Waals surface area contributed by atoms with Gasteiger partial charge in [0.2, 0.25) is 0 Å². The lowest BCUT2D eigenvalue weighted by molar-refractivity contribution is 0.319. The molecule has 19 heavy (non-hydrogen) atoms. The second-order valence-electron chi connectivity index (χ2n) is 4.12. The molecule has 1 aromatic heterocycles. The van der Waals surface area contributed by atoms with Crippen LogP contribution in [0.2, 0.25) is 0 Å². The number of hydrogen-bond acceptors (Lipinski definition) is 4. The van der Waals surface area contributed by atoms with Gasteiger partial charge in [-0.05, 0) is 19.1 Å². The lowest BCUT2D eigenvalue weighted by Crippen LogP contribution is -2.19. The summed E-state index contributed by atoms with van der Waals surface area (Å²) in [4.78, 5) is 11.8. The van der Waals surface area contributed by atoms with Crippen LogP contribution in [0.15, 0.2) is 40.0 Å². The molecular weight excluding hydrogens is 268 g/mol. The molecule has 0 radical (unpaired) electrons. The van der Waals surface area contributed by atoms with E-state index in [0.29, 0.717) is 5.69 Å². The maximum Gasteiger partial charge on any atom is 0.271 e. The van der Waals surface area contributed by atoms with Crippen LogP contribution in [0.3, 0.4) is 0 Å². The number of aliphatic hydroxyl groups is 1. The average molecular weight is 282 g/mol. The molecule has 0 unspecified atom stereocenters. The maximum absolute atomic E-state index is 12.1. The van der Waals surface area contributed by atoms with Crippen LogP contribution in [0.25, 0.3) is 5.69 Å². The highest BCUT2D eigenvalue weighted by atomic mass is 32.2. The van der Waals surface area contributed by atoms with Gasteiger partial charge in [0.05, 0.1) is 22.9 Å². The van der Waals surface area contributed by atoms with Crippen LogP contribution < -0.4 is 5.56 Å². The number of benzene rings is 1. The summed E-state index contributed by atoms with van der Waals surface area (Å²) < 4.78 is 25.3. The molecule has 7 heteroatoms. The van der Waals surface area contributed by atoms with E-state index in [1.165, 1.54) is 16.8 Å². The molecule has 0 fully saturated rings. The van der Waals surface area contributed by atoms with Crippen molar-refractivity contribution in [3.63, 3.8) is 0 Å². The van der Waals surface area contributed by atoms with Gasteiger partial charge in [0.1, 0.15) is 0 Å². The predicted molar refractivity (Wildman–Crippen MR) is 70.3 cm³/mol. The molecule has 6 nitrogen and oxygen atoms in total. The van der Waals surface area contributed by atoms with Crippen LogP contribution in [0.5, 0.6) is 0 Å². The Morgan fingerprint density at radius 3 is 2.58 bits per heavy atom. The van der Waals surface area contributed by atoms with Gasteiger partial charge in [0.15, 0.2) is 9.84 Å². The van der Waals surface area contributed by atoms with Gasteiger partial charge in [-0.15, -0.1) is 0 Å². The Bertz CT molecular complexity index is 743. The second-order valence-corrected chi connectivity index (χ2v) is 6.20. The van der Waals surface area contributed by atoms with Crippen LogP contribution in [-0.4, -0.2) is 35.7 Å². The first-order valence-electron chi connectivity index (χ1n) is 5.67. The standard InChI is InChI=1S/C12H14N2O4S/c1-9-8-12(16)14(13-9)10-4-2-3-5-11(10)19(17,18)7-6-15/h2-5,8,13,15H,6-7H2,1H3. The van der Waals surface area contributed by atoms with Gasteiger partial charge < -0.3 is 5.11 Å². The third-order valence-electron chi connectivity index (χ3n) is 2.65. The Labute approximate surface area is 110 Å². The maximum atomic E-state index is 12.1. The molecule has 0 aliphatic carbocycles. The van der Waals surface area contributed by atoms with Crippen molar-refractivity contribution in [2.75, 3.05) is 12.4 Å². The zero-order valence-corrected chi connectivity index (χ0v) is 11.1. The zero-order chi connectivity index (χ0) is 14.0. The van der Waals surface area contributed by atoms with Gasteiger partial charge in [0, 0.05) is 11.8 Å². The van der Waals surface area contributed by atoms with Crippen LogP contribution in [0.4, 0.5) is 0 Å². The van der Waals surface area contributed by atoms with Crippen molar-refractivity contribution in [2.24, 2.45) is 0 Å². The Hall–Kier alpha value is -1.86. The molecule has 102 valence electrons. The number of rotatable bonds is 4. The number of hydrogen-bond donors (Lipinski definition) is 2. The fraction of sp³-hybridized carbons (Fsp3) is 0.250. The van der Waals surface area contributed by atoms with Crippen molar-refractivity contribution < 1.29 is 13.5 Å². The van der Waals surface area contributed by atoms with Crippen molar-refractivity contribution in [3.8, 4) is 5.69 Å².